The molecule has 1 amide bonds. The molecule has 3 nitrogen and oxygen atoms in total. The normalized spacial score (nSPS) is 31.0. The van der Waals surface area contributed by atoms with E-state index < -0.39 is 0 Å². The standard InChI is InChI=1S/C17H24N2OS/c20-16(10-13-9-11-6-7-12(13)8-11)19-17-18-14-4-2-1-3-5-15(14)21-17/h11-13H,1-10H2,(H,18,19,20)/t11-,12-,13-/m0/s1. The summed E-state index contributed by atoms with van der Waals surface area (Å²) in [5, 5.41) is 3.92. The molecule has 1 heterocycles. The molecular formula is C17H24N2OS. The SMILES string of the molecule is O=C(C[C@@H]1C[C@H]2CC[C@H]1C2)Nc1nc2c(s1)CCCCC2. The fourth-order valence-electron chi connectivity index (χ4n) is 4.62. The minimum Gasteiger partial charge on any atom is -0.302 e. The number of rotatable bonds is 3. The van der Waals surface area contributed by atoms with Gasteiger partial charge in [0, 0.05) is 11.3 Å². The molecule has 0 unspecified atom stereocenters. The molecule has 0 aromatic carbocycles. The molecule has 4 heteroatoms. The number of carbonyl (C=O) groups excluding carboxylic acids is 1. The third kappa shape index (κ3) is 2.87. The zero-order valence-corrected chi connectivity index (χ0v) is 13.4. The highest BCUT2D eigenvalue weighted by atomic mass is 32.1. The van der Waals surface area contributed by atoms with Gasteiger partial charge < -0.3 is 5.32 Å². The fraction of sp³-hybridized carbons (Fsp3) is 0.765. The Morgan fingerprint density at radius 2 is 2.10 bits per heavy atom. The number of carbonyl (C=O) groups is 1. The first-order valence-corrected chi connectivity index (χ1v) is 9.38. The number of amides is 1. The minimum atomic E-state index is 0.191. The van der Waals surface area contributed by atoms with E-state index in [2.05, 4.69) is 10.3 Å². The largest absolute Gasteiger partial charge is 0.302 e. The maximum atomic E-state index is 12.3. The van der Waals surface area contributed by atoms with Gasteiger partial charge in [0.15, 0.2) is 5.13 Å². The summed E-state index contributed by atoms with van der Waals surface area (Å²) in [6, 6.07) is 0. The molecule has 2 saturated carbocycles. The van der Waals surface area contributed by atoms with E-state index in [9.17, 15) is 4.79 Å². The molecule has 3 atom stereocenters. The Labute approximate surface area is 130 Å². The number of aromatic nitrogens is 1. The van der Waals surface area contributed by atoms with Gasteiger partial charge in [0.25, 0.3) is 0 Å². The van der Waals surface area contributed by atoms with Crippen LogP contribution in [0.4, 0.5) is 5.13 Å². The zero-order chi connectivity index (χ0) is 14.2. The van der Waals surface area contributed by atoms with E-state index in [-0.39, 0.29) is 5.91 Å². The van der Waals surface area contributed by atoms with Crippen molar-refractivity contribution in [3.8, 4) is 0 Å². The second-order valence-electron chi connectivity index (χ2n) is 7.14. The van der Waals surface area contributed by atoms with Crippen molar-refractivity contribution in [2.24, 2.45) is 17.8 Å². The van der Waals surface area contributed by atoms with Crippen molar-refractivity contribution in [2.75, 3.05) is 5.32 Å². The predicted octanol–water partition coefficient (Wildman–Crippen LogP) is 4.18. The number of thiazole rings is 1. The van der Waals surface area contributed by atoms with E-state index in [0.29, 0.717) is 12.3 Å². The second-order valence-corrected chi connectivity index (χ2v) is 8.22. The number of hydrogen-bond acceptors (Lipinski definition) is 3. The van der Waals surface area contributed by atoms with Gasteiger partial charge in [-0.3, -0.25) is 4.79 Å². The molecule has 1 aromatic rings. The molecule has 2 bridgehead atoms. The first kappa shape index (κ1) is 13.7. The van der Waals surface area contributed by atoms with Gasteiger partial charge in [0.2, 0.25) is 5.91 Å². The topological polar surface area (TPSA) is 42.0 Å². The second kappa shape index (κ2) is 5.71. The fourth-order valence-corrected chi connectivity index (χ4v) is 5.68. The van der Waals surface area contributed by atoms with E-state index in [1.807, 2.05) is 0 Å². The number of hydrogen-bond donors (Lipinski definition) is 1. The Hall–Kier alpha value is -0.900. The molecule has 0 spiro atoms. The lowest BCUT2D eigenvalue weighted by molar-refractivity contribution is -0.117. The van der Waals surface area contributed by atoms with Gasteiger partial charge in [-0.2, -0.15) is 0 Å². The van der Waals surface area contributed by atoms with Crippen LogP contribution in [-0.2, 0) is 17.6 Å². The lowest BCUT2D eigenvalue weighted by Crippen LogP contribution is -2.20. The van der Waals surface area contributed by atoms with Crippen LogP contribution in [-0.4, -0.2) is 10.9 Å². The summed E-state index contributed by atoms with van der Waals surface area (Å²) in [4.78, 5) is 18.3. The molecular weight excluding hydrogens is 280 g/mol. The molecule has 4 rings (SSSR count). The number of nitrogens with zero attached hydrogens (tertiary/aromatic N) is 1. The Kier molecular flexibility index (Phi) is 3.74. The van der Waals surface area contributed by atoms with Crippen LogP contribution in [0.15, 0.2) is 0 Å². The highest BCUT2D eigenvalue weighted by Crippen LogP contribution is 2.49. The zero-order valence-electron chi connectivity index (χ0n) is 12.6. The monoisotopic (exact) mass is 304 g/mol. The van der Waals surface area contributed by atoms with Gasteiger partial charge in [0.1, 0.15) is 0 Å². The molecule has 114 valence electrons. The third-order valence-electron chi connectivity index (χ3n) is 5.67. The Bertz CT molecular complexity index is 515. The Morgan fingerprint density at radius 3 is 2.90 bits per heavy atom. The van der Waals surface area contributed by atoms with Crippen LogP contribution in [0.5, 0.6) is 0 Å². The summed E-state index contributed by atoms with van der Waals surface area (Å²) in [5.41, 5.74) is 1.24. The highest BCUT2D eigenvalue weighted by Gasteiger charge is 2.40. The molecule has 0 aliphatic heterocycles. The van der Waals surface area contributed by atoms with Crippen LogP contribution in [0.3, 0.4) is 0 Å². The van der Waals surface area contributed by atoms with Gasteiger partial charge in [-0.15, -0.1) is 11.3 Å². The van der Waals surface area contributed by atoms with Crippen LogP contribution in [0.25, 0.3) is 0 Å². The molecule has 1 N–H and O–H groups in total. The molecule has 3 aliphatic rings. The van der Waals surface area contributed by atoms with Crippen molar-refractivity contribution in [3.63, 3.8) is 0 Å². The van der Waals surface area contributed by atoms with Crippen LogP contribution >= 0.6 is 11.3 Å². The first-order chi connectivity index (χ1) is 10.3. The van der Waals surface area contributed by atoms with Gasteiger partial charge in [-0.05, 0) is 62.7 Å². The Balaban J connectivity index is 1.36. The average molecular weight is 304 g/mol. The Morgan fingerprint density at radius 1 is 1.19 bits per heavy atom. The minimum absolute atomic E-state index is 0.191. The van der Waals surface area contributed by atoms with Crippen molar-refractivity contribution in [2.45, 2.75) is 64.2 Å². The summed E-state index contributed by atoms with van der Waals surface area (Å²) in [6.45, 7) is 0. The lowest BCUT2D eigenvalue weighted by Gasteiger charge is -2.20. The average Bonchev–Trinajstić information content (AvgIpc) is 3.12. The van der Waals surface area contributed by atoms with Gasteiger partial charge in [-0.1, -0.05) is 12.8 Å². The van der Waals surface area contributed by atoms with Crippen molar-refractivity contribution in [1.82, 2.24) is 4.98 Å². The molecule has 3 aliphatic carbocycles. The summed E-state index contributed by atoms with van der Waals surface area (Å²) in [6.07, 6.45) is 12.2. The molecule has 2 fully saturated rings. The number of fused-ring (bicyclic) bond motifs is 3. The van der Waals surface area contributed by atoms with E-state index in [0.717, 1.165) is 29.8 Å². The molecule has 0 radical (unpaired) electrons. The smallest absolute Gasteiger partial charge is 0.226 e. The summed E-state index contributed by atoms with van der Waals surface area (Å²) in [5.74, 6) is 2.58. The van der Waals surface area contributed by atoms with E-state index in [1.54, 1.807) is 11.3 Å². The van der Waals surface area contributed by atoms with Gasteiger partial charge in [0.05, 0.1) is 5.69 Å². The maximum Gasteiger partial charge on any atom is 0.226 e. The molecule has 21 heavy (non-hydrogen) atoms. The molecule has 1 aromatic heterocycles. The van der Waals surface area contributed by atoms with Crippen molar-refractivity contribution in [1.29, 1.82) is 0 Å². The van der Waals surface area contributed by atoms with E-state index in [1.165, 1.54) is 55.5 Å². The molecule has 0 saturated heterocycles. The van der Waals surface area contributed by atoms with Crippen LogP contribution in [0.2, 0.25) is 0 Å². The quantitative estimate of drug-likeness (QED) is 0.851. The van der Waals surface area contributed by atoms with Crippen molar-refractivity contribution < 1.29 is 4.79 Å². The summed E-state index contributed by atoms with van der Waals surface area (Å²) < 4.78 is 0. The van der Waals surface area contributed by atoms with Crippen molar-refractivity contribution >= 4 is 22.4 Å². The summed E-state index contributed by atoms with van der Waals surface area (Å²) >= 11 is 1.71. The van der Waals surface area contributed by atoms with Crippen LogP contribution < -0.4 is 5.32 Å². The highest BCUT2D eigenvalue weighted by molar-refractivity contribution is 7.15. The first-order valence-electron chi connectivity index (χ1n) is 8.56. The van der Waals surface area contributed by atoms with Gasteiger partial charge in [-0.25, -0.2) is 4.98 Å². The lowest BCUT2D eigenvalue weighted by atomic mass is 9.86. The maximum absolute atomic E-state index is 12.3. The number of aryl methyl sites for hydroxylation is 2. The van der Waals surface area contributed by atoms with E-state index in [4.69, 9.17) is 0 Å². The van der Waals surface area contributed by atoms with Crippen LogP contribution in [0.1, 0.15) is 61.9 Å². The summed E-state index contributed by atoms with van der Waals surface area (Å²) in [7, 11) is 0. The van der Waals surface area contributed by atoms with Gasteiger partial charge >= 0.3 is 0 Å². The van der Waals surface area contributed by atoms with E-state index >= 15 is 0 Å². The number of nitrogens with one attached hydrogen (secondary N) is 1. The van der Waals surface area contributed by atoms with Crippen LogP contribution in [0, 0.1) is 17.8 Å². The third-order valence-corrected chi connectivity index (χ3v) is 6.75. The van der Waals surface area contributed by atoms with Crippen molar-refractivity contribution in [3.05, 3.63) is 10.6 Å². The predicted molar refractivity (Wildman–Crippen MR) is 85.6 cm³/mol. The number of anilines is 1.